The van der Waals surface area contributed by atoms with Crippen molar-refractivity contribution in [1.29, 1.82) is 0 Å². The SMILES string of the molecule is CSCCOc1cc([N+](=O)[O-])ccc1O. The van der Waals surface area contributed by atoms with Gasteiger partial charge in [0, 0.05) is 11.8 Å². The lowest BCUT2D eigenvalue weighted by Gasteiger charge is -2.06. The topological polar surface area (TPSA) is 72.6 Å². The van der Waals surface area contributed by atoms with Crippen LogP contribution in [0, 0.1) is 10.1 Å². The number of non-ortho nitro benzene ring substituents is 1. The Bertz CT molecular complexity index is 356. The van der Waals surface area contributed by atoms with Crippen molar-refractivity contribution < 1.29 is 14.8 Å². The third kappa shape index (κ3) is 3.32. The average molecular weight is 229 g/mol. The Hall–Kier alpha value is -1.43. The molecule has 1 N–H and O–H groups in total. The quantitative estimate of drug-likeness (QED) is 0.475. The van der Waals surface area contributed by atoms with Crippen molar-refractivity contribution >= 4 is 17.4 Å². The standard InChI is InChI=1S/C9H11NO4S/c1-15-5-4-14-9-6-7(10(12)13)2-3-8(9)11/h2-3,6,11H,4-5H2,1H3. The van der Waals surface area contributed by atoms with Gasteiger partial charge in [0.1, 0.15) is 0 Å². The Labute approximate surface area is 91.2 Å². The van der Waals surface area contributed by atoms with Crippen LogP contribution >= 0.6 is 11.8 Å². The lowest BCUT2D eigenvalue weighted by atomic mass is 10.3. The number of phenols is 1. The van der Waals surface area contributed by atoms with Crippen LogP contribution in [0.4, 0.5) is 5.69 Å². The van der Waals surface area contributed by atoms with Crippen LogP contribution in [0.25, 0.3) is 0 Å². The van der Waals surface area contributed by atoms with Gasteiger partial charge in [0.15, 0.2) is 11.5 Å². The minimum Gasteiger partial charge on any atom is -0.504 e. The zero-order chi connectivity index (χ0) is 11.3. The smallest absolute Gasteiger partial charge is 0.273 e. The highest BCUT2D eigenvalue weighted by Crippen LogP contribution is 2.29. The Morgan fingerprint density at radius 1 is 1.60 bits per heavy atom. The fourth-order valence-electron chi connectivity index (χ4n) is 0.967. The summed E-state index contributed by atoms with van der Waals surface area (Å²) in [5, 5.41) is 19.8. The minimum absolute atomic E-state index is 0.0818. The van der Waals surface area contributed by atoms with Crippen molar-refractivity contribution in [3.05, 3.63) is 28.3 Å². The molecule has 0 spiro atoms. The van der Waals surface area contributed by atoms with Crippen LogP contribution in [0.1, 0.15) is 0 Å². The van der Waals surface area contributed by atoms with Gasteiger partial charge >= 0.3 is 0 Å². The Morgan fingerprint density at radius 3 is 2.93 bits per heavy atom. The fourth-order valence-corrected chi connectivity index (χ4v) is 1.22. The number of benzene rings is 1. The van der Waals surface area contributed by atoms with Gasteiger partial charge in [0.05, 0.1) is 17.6 Å². The molecule has 6 heteroatoms. The highest BCUT2D eigenvalue weighted by atomic mass is 32.2. The van der Waals surface area contributed by atoms with Gasteiger partial charge in [0.25, 0.3) is 5.69 Å². The number of nitro groups is 1. The first-order valence-corrected chi connectivity index (χ1v) is 5.63. The van der Waals surface area contributed by atoms with E-state index in [1.54, 1.807) is 11.8 Å². The number of thioether (sulfide) groups is 1. The molecule has 0 saturated carbocycles. The number of hydrogen-bond acceptors (Lipinski definition) is 5. The third-order valence-corrected chi connectivity index (χ3v) is 2.27. The van der Waals surface area contributed by atoms with Gasteiger partial charge in [-0.05, 0) is 12.3 Å². The molecule has 1 aromatic rings. The lowest BCUT2D eigenvalue weighted by Crippen LogP contribution is -2.00. The van der Waals surface area contributed by atoms with Gasteiger partial charge in [-0.3, -0.25) is 10.1 Å². The zero-order valence-corrected chi connectivity index (χ0v) is 8.99. The fraction of sp³-hybridized carbons (Fsp3) is 0.333. The average Bonchev–Trinajstić information content (AvgIpc) is 2.20. The van der Waals surface area contributed by atoms with Crippen molar-refractivity contribution in [2.24, 2.45) is 0 Å². The molecular formula is C9H11NO4S. The molecule has 0 aliphatic carbocycles. The zero-order valence-electron chi connectivity index (χ0n) is 8.17. The number of rotatable bonds is 5. The number of aromatic hydroxyl groups is 1. The van der Waals surface area contributed by atoms with E-state index in [2.05, 4.69) is 0 Å². The highest BCUT2D eigenvalue weighted by Gasteiger charge is 2.10. The Balaban J connectivity index is 2.76. The Morgan fingerprint density at radius 2 is 2.33 bits per heavy atom. The molecule has 0 heterocycles. The lowest BCUT2D eigenvalue weighted by molar-refractivity contribution is -0.385. The normalized spacial score (nSPS) is 9.93. The Kier molecular flexibility index (Phi) is 4.23. The minimum atomic E-state index is -0.527. The van der Waals surface area contributed by atoms with Crippen LogP contribution in [0.2, 0.25) is 0 Å². The van der Waals surface area contributed by atoms with Gasteiger partial charge in [-0.25, -0.2) is 0 Å². The summed E-state index contributed by atoms with van der Waals surface area (Å²) < 4.78 is 5.19. The third-order valence-electron chi connectivity index (χ3n) is 1.70. The molecule has 0 aromatic heterocycles. The molecule has 0 bridgehead atoms. The predicted molar refractivity (Wildman–Crippen MR) is 58.6 cm³/mol. The molecule has 5 nitrogen and oxygen atoms in total. The number of nitrogens with zero attached hydrogens (tertiary/aromatic N) is 1. The summed E-state index contributed by atoms with van der Waals surface area (Å²) in [6.07, 6.45) is 1.93. The van der Waals surface area contributed by atoms with Crippen LogP contribution in [-0.4, -0.2) is 28.6 Å². The van der Waals surface area contributed by atoms with Crippen LogP contribution in [0.3, 0.4) is 0 Å². The maximum atomic E-state index is 10.5. The highest BCUT2D eigenvalue weighted by molar-refractivity contribution is 7.98. The predicted octanol–water partition coefficient (Wildman–Crippen LogP) is 2.04. The van der Waals surface area contributed by atoms with E-state index in [-0.39, 0.29) is 17.2 Å². The summed E-state index contributed by atoms with van der Waals surface area (Å²) in [6, 6.07) is 3.71. The number of phenolic OH excluding ortho intramolecular Hbond substituents is 1. The van der Waals surface area contributed by atoms with E-state index < -0.39 is 4.92 Å². The van der Waals surface area contributed by atoms with Crippen molar-refractivity contribution in [3.63, 3.8) is 0 Å². The second-order valence-corrected chi connectivity index (χ2v) is 3.74. The molecule has 0 unspecified atom stereocenters. The summed E-state index contributed by atoms with van der Waals surface area (Å²) in [5.41, 5.74) is -0.0908. The molecule has 0 saturated heterocycles. The van der Waals surface area contributed by atoms with Crippen molar-refractivity contribution in [2.75, 3.05) is 18.6 Å². The molecule has 0 atom stereocenters. The van der Waals surface area contributed by atoms with Crippen molar-refractivity contribution in [1.82, 2.24) is 0 Å². The van der Waals surface area contributed by atoms with Crippen LogP contribution in [0.5, 0.6) is 11.5 Å². The van der Waals surface area contributed by atoms with E-state index in [1.165, 1.54) is 18.2 Å². The number of nitro benzene ring substituents is 1. The van der Waals surface area contributed by atoms with E-state index in [1.807, 2.05) is 6.26 Å². The van der Waals surface area contributed by atoms with Crippen LogP contribution in [-0.2, 0) is 0 Å². The first-order chi connectivity index (χ1) is 7.15. The molecule has 0 aliphatic heterocycles. The monoisotopic (exact) mass is 229 g/mol. The van der Waals surface area contributed by atoms with Crippen molar-refractivity contribution in [3.8, 4) is 11.5 Å². The summed E-state index contributed by atoms with van der Waals surface area (Å²) in [6.45, 7) is 0.413. The molecular weight excluding hydrogens is 218 g/mol. The largest absolute Gasteiger partial charge is 0.504 e. The van der Waals surface area contributed by atoms with Gasteiger partial charge < -0.3 is 9.84 Å². The van der Waals surface area contributed by atoms with Crippen LogP contribution < -0.4 is 4.74 Å². The molecule has 82 valence electrons. The van der Waals surface area contributed by atoms with E-state index in [0.717, 1.165) is 5.75 Å². The second kappa shape index (κ2) is 5.45. The first-order valence-electron chi connectivity index (χ1n) is 4.24. The van der Waals surface area contributed by atoms with Gasteiger partial charge in [-0.1, -0.05) is 0 Å². The number of ether oxygens (including phenoxy) is 1. The summed E-state index contributed by atoms with van der Waals surface area (Å²) in [5.74, 6) is 0.835. The van der Waals surface area contributed by atoms with E-state index in [4.69, 9.17) is 4.74 Å². The van der Waals surface area contributed by atoms with E-state index in [0.29, 0.717) is 6.61 Å². The molecule has 1 rings (SSSR count). The first kappa shape index (κ1) is 11.6. The van der Waals surface area contributed by atoms with Gasteiger partial charge in [-0.15, -0.1) is 0 Å². The van der Waals surface area contributed by atoms with E-state index >= 15 is 0 Å². The molecule has 0 aliphatic rings. The van der Waals surface area contributed by atoms with Crippen LogP contribution in [0.15, 0.2) is 18.2 Å². The molecule has 1 aromatic carbocycles. The van der Waals surface area contributed by atoms with E-state index in [9.17, 15) is 15.2 Å². The summed E-state index contributed by atoms with van der Waals surface area (Å²) in [4.78, 5) is 9.93. The van der Waals surface area contributed by atoms with Gasteiger partial charge in [0.2, 0.25) is 0 Å². The molecule has 0 amide bonds. The van der Waals surface area contributed by atoms with Crippen molar-refractivity contribution in [2.45, 2.75) is 0 Å². The molecule has 15 heavy (non-hydrogen) atoms. The second-order valence-electron chi connectivity index (χ2n) is 2.75. The molecule has 0 fully saturated rings. The summed E-state index contributed by atoms with van der Waals surface area (Å²) in [7, 11) is 0. The maximum Gasteiger partial charge on any atom is 0.273 e. The number of hydrogen-bond donors (Lipinski definition) is 1. The molecule has 0 radical (unpaired) electrons. The van der Waals surface area contributed by atoms with Gasteiger partial charge in [-0.2, -0.15) is 11.8 Å². The summed E-state index contributed by atoms with van der Waals surface area (Å²) >= 11 is 1.60. The maximum absolute atomic E-state index is 10.5.